The summed E-state index contributed by atoms with van der Waals surface area (Å²) in [5.74, 6) is -1.08. The van der Waals surface area contributed by atoms with E-state index < -0.39 is 18.5 Å². The molecule has 0 fully saturated rings. The smallest absolute Gasteiger partial charge is 0.358 e. The Morgan fingerprint density at radius 3 is 2.73 bits per heavy atom. The van der Waals surface area contributed by atoms with Crippen LogP contribution in [0, 0.1) is 11.3 Å². The quantitative estimate of drug-likeness (QED) is 0.462. The molecule has 3 aromatic heterocycles. The summed E-state index contributed by atoms with van der Waals surface area (Å²) < 4.78 is 6.51. The Kier molecular flexibility index (Phi) is 5.65. The fourth-order valence-corrected chi connectivity index (χ4v) is 4.17. The molecule has 3 heterocycles. The number of hydrogen-bond donors (Lipinski definition) is 1. The highest BCUT2D eigenvalue weighted by molar-refractivity contribution is 7.20. The van der Waals surface area contributed by atoms with Gasteiger partial charge in [-0.3, -0.25) is 4.79 Å². The summed E-state index contributed by atoms with van der Waals surface area (Å²) >= 11 is 2.85. The number of hydrogen-bond acceptors (Lipinski definition) is 8. The monoisotopic (exact) mass is 435 g/mol. The molecule has 0 unspecified atom stereocenters. The van der Waals surface area contributed by atoms with Crippen molar-refractivity contribution in [1.29, 1.82) is 5.26 Å². The molecule has 10 heteroatoms. The number of thiophene rings is 1. The first kappa shape index (κ1) is 19.5. The van der Waals surface area contributed by atoms with Crippen LogP contribution in [0.25, 0.3) is 15.6 Å². The third kappa shape index (κ3) is 4.12. The van der Waals surface area contributed by atoms with Crippen LogP contribution in [0.2, 0.25) is 0 Å². The van der Waals surface area contributed by atoms with Crippen LogP contribution in [0.1, 0.15) is 16.1 Å². The number of esters is 1. The minimum Gasteiger partial charge on any atom is -0.451 e. The lowest BCUT2D eigenvalue weighted by Gasteiger charge is -2.09. The van der Waals surface area contributed by atoms with Crippen molar-refractivity contribution in [3.05, 3.63) is 70.7 Å². The number of carbonyl (C=O) groups is 2. The molecule has 0 aliphatic heterocycles. The van der Waals surface area contributed by atoms with Gasteiger partial charge in [0.25, 0.3) is 5.91 Å². The number of carbonyl (C=O) groups excluding carboxylic acids is 2. The van der Waals surface area contributed by atoms with Gasteiger partial charge in [-0.25, -0.2) is 14.5 Å². The second-order valence-corrected chi connectivity index (χ2v) is 7.71. The van der Waals surface area contributed by atoms with Gasteiger partial charge in [0.15, 0.2) is 18.1 Å². The number of nitrogens with zero attached hydrogens (tertiary/aromatic N) is 4. The molecule has 1 amide bonds. The number of aromatic nitrogens is 3. The van der Waals surface area contributed by atoms with E-state index in [1.54, 1.807) is 17.5 Å². The topological polar surface area (TPSA) is 110 Å². The predicted molar refractivity (Wildman–Crippen MR) is 113 cm³/mol. The zero-order chi connectivity index (χ0) is 20.9. The van der Waals surface area contributed by atoms with Gasteiger partial charge < -0.3 is 10.1 Å². The maximum absolute atomic E-state index is 12.3. The first-order valence-corrected chi connectivity index (χ1v) is 10.4. The number of amides is 1. The molecular formula is C20H13N5O3S2. The van der Waals surface area contributed by atoms with E-state index >= 15 is 0 Å². The van der Waals surface area contributed by atoms with Crippen LogP contribution in [-0.4, -0.2) is 33.2 Å². The number of ether oxygens (including phenoxy) is 1. The number of anilines is 1. The normalized spacial score (nSPS) is 10.4. The standard InChI is InChI=1S/C20H13N5O3S2/c21-9-13-10-22-25(14-5-2-1-3-6-14)18(13)24-17(26)11-28-20(27)15-12-30-19(23-15)16-7-4-8-29-16/h1-8,10,12H,11H2,(H,24,26). The summed E-state index contributed by atoms with van der Waals surface area (Å²) in [5.41, 5.74) is 1.01. The van der Waals surface area contributed by atoms with E-state index in [9.17, 15) is 14.9 Å². The summed E-state index contributed by atoms with van der Waals surface area (Å²) in [5, 5.41) is 20.3. The highest BCUT2D eigenvalue weighted by Gasteiger charge is 2.18. The predicted octanol–water partition coefficient (Wildman–Crippen LogP) is 3.72. The summed E-state index contributed by atoms with van der Waals surface area (Å²) in [6.07, 6.45) is 1.36. The van der Waals surface area contributed by atoms with E-state index in [-0.39, 0.29) is 17.1 Å². The lowest BCUT2D eigenvalue weighted by Crippen LogP contribution is -2.23. The van der Waals surface area contributed by atoms with Gasteiger partial charge in [-0.15, -0.1) is 22.7 Å². The number of benzene rings is 1. The molecule has 0 bridgehead atoms. The molecule has 0 spiro atoms. The first-order chi connectivity index (χ1) is 14.7. The molecule has 148 valence electrons. The molecule has 8 nitrogen and oxygen atoms in total. The molecule has 30 heavy (non-hydrogen) atoms. The maximum atomic E-state index is 12.3. The van der Waals surface area contributed by atoms with Crippen molar-refractivity contribution in [1.82, 2.24) is 14.8 Å². The molecule has 1 N–H and O–H groups in total. The second kappa shape index (κ2) is 8.69. The number of para-hydroxylation sites is 1. The SMILES string of the molecule is N#Cc1cnn(-c2ccccc2)c1NC(=O)COC(=O)c1csc(-c2cccs2)n1. The third-order valence-electron chi connectivity index (χ3n) is 3.93. The van der Waals surface area contributed by atoms with Crippen molar-refractivity contribution >= 4 is 40.4 Å². The number of nitriles is 1. The van der Waals surface area contributed by atoms with Crippen molar-refractivity contribution in [2.45, 2.75) is 0 Å². The Bertz CT molecular complexity index is 1220. The van der Waals surface area contributed by atoms with Crippen LogP contribution < -0.4 is 5.32 Å². The zero-order valence-corrected chi connectivity index (χ0v) is 16.9. The fourth-order valence-electron chi connectivity index (χ4n) is 2.57. The van der Waals surface area contributed by atoms with E-state index in [0.29, 0.717) is 10.7 Å². The first-order valence-electron chi connectivity index (χ1n) is 8.65. The van der Waals surface area contributed by atoms with E-state index in [1.807, 2.05) is 41.8 Å². The van der Waals surface area contributed by atoms with Crippen LogP contribution in [0.3, 0.4) is 0 Å². The highest BCUT2D eigenvalue weighted by atomic mass is 32.1. The molecule has 0 aliphatic rings. The number of nitrogens with one attached hydrogen (secondary N) is 1. The average Bonchev–Trinajstić information content (AvgIpc) is 3.53. The molecule has 0 radical (unpaired) electrons. The van der Waals surface area contributed by atoms with Crippen molar-refractivity contribution in [2.75, 3.05) is 11.9 Å². The molecule has 0 atom stereocenters. The Balaban J connectivity index is 1.42. The average molecular weight is 435 g/mol. The van der Waals surface area contributed by atoms with Crippen LogP contribution in [0.15, 0.2) is 59.4 Å². The number of thiazole rings is 1. The highest BCUT2D eigenvalue weighted by Crippen LogP contribution is 2.28. The van der Waals surface area contributed by atoms with E-state index in [2.05, 4.69) is 15.4 Å². The van der Waals surface area contributed by atoms with Crippen molar-refractivity contribution < 1.29 is 14.3 Å². The molecule has 0 saturated carbocycles. The lowest BCUT2D eigenvalue weighted by atomic mass is 10.3. The minimum absolute atomic E-state index is 0.142. The van der Waals surface area contributed by atoms with Gasteiger partial charge in [0, 0.05) is 5.38 Å². The molecule has 0 saturated heterocycles. The molecule has 1 aromatic carbocycles. The van der Waals surface area contributed by atoms with Crippen molar-refractivity contribution in [2.24, 2.45) is 0 Å². The lowest BCUT2D eigenvalue weighted by molar-refractivity contribution is -0.119. The van der Waals surface area contributed by atoms with Gasteiger partial charge >= 0.3 is 5.97 Å². The molecular weight excluding hydrogens is 422 g/mol. The third-order valence-corrected chi connectivity index (χ3v) is 5.81. The van der Waals surface area contributed by atoms with Gasteiger partial charge in [0.05, 0.1) is 16.8 Å². The summed E-state index contributed by atoms with van der Waals surface area (Å²) in [6.45, 7) is -0.518. The summed E-state index contributed by atoms with van der Waals surface area (Å²) in [6, 6.07) is 14.8. The van der Waals surface area contributed by atoms with Crippen LogP contribution in [0.4, 0.5) is 5.82 Å². The Labute approximate surface area is 179 Å². The van der Waals surface area contributed by atoms with Gasteiger partial charge in [-0.2, -0.15) is 10.4 Å². The zero-order valence-electron chi connectivity index (χ0n) is 15.3. The fraction of sp³-hybridized carbons (Fsp3) is 0.0500. The summed E-state index contributed by atoms with van der Waals surface area (Å²) in [4.78, 5) is 29.8. The van der Waals surface area contributed by atoms with E-state index in [0.717, 1.165) is 4.88 Å². The van der Waals surface area contributed by atoms with Crippen LogP contribution in [-0.2, 0) is 9.53 Å². The number of rotatable bonds is 6. The van der Waals surface area contributed by atoms with Crippen LogP contribution >= 0.6 is 22.7 Å². The van der Waals surface area contributed by atoms with Crippen molar-refractivity contribution in [3.63, 3.8) is 0 Å². The Morgan fingerprint density at radius 2 is 2.00 bits per heavy atom. The Morgan fingerprint density at radius 1 is 1.17 bits per heavy atom. The largest absolute Gasteiger partial charge is 0.451 e. The molecule has 4 aromatic rings. The molecule has 0 aliphatic carbocycles. The second-order valence-electron chi connectivity index (χ2n) is 5.91. The van der Waals surface area contributed by atoms with E-state index in [1.165, 1.54) is 33.6 Å². The minimum atomic E-state index is -0.693. The summed E-state index contributed by atoms with van der Waals surface area (Å²) in [7, 11) is 0. The maximum Gasteiger partial charge on any atom is 0.358 e. The van der Waals surface area contributed by atoms with E-state index in [4.69, 9.17) is 4.74 Å². The molecule has 4 rings (SSSR count). The van der Waals surface area contributed by atoms with Crippen LogP contribution in [0.5, 0.6) is 0 Å². The van der Waals surface area contributed by atoms with Gasteiger partial charge in [-0.05, 0) is 23.6 Å². The Hall–Kier alpha value is -3.81. The van der Waals surface area contributed by atoms with Crippen molar-refractivity contribution in [3.8, 4) is 21.6 Å². The van der Waals surface area contributed by atoms with Gasteiger partial charge in [0.2, 0.25) is 0 Å². The van der Waals surface area contributed by atoms with Gasteiger partial charge in [-0.1, -0.05) is 24.3 Å². The van der Waals surface area contributed by atoms with Gasteiger partial charge in [0.1, 0.15) is 16.6 Å².